The van der Waals surface area contributed by atoms with Crippen LogP contribution < -0.4 is 16.0 Å². The van der Waals surface area contributed by atoms with Crippen molar-refractivity contribution in [1.82, 2.24) is 10.6 Å². The molecule has 5 rings (SSSR count). The van der Waals surface area contributed by atoms with Gasteiger partial charge >= 0.3 is 0 Å². The van der Waals surface area contributed by atoms with Crippen LogP contribution in [0.25, 0.3) is 0 Å². The third kappa shape index (κ3) is 4.21. The highest BCUT2D eigenvalue weighted by atomic mass is 35.5. The van der Waals surface area contributed by atoms with Crippen LogP contribution in [-0.2, 0) is 15.0 Å². The van der Waals surface area contributed by atoms with Gasteiger partial charge in [-0.15, -0.1) is 0 Å². The molecule has 4 atom stereocenters. The minimum atomic E-state index is -1.64. The van der Waals surface area contributed by atoms with Crippen molar-refractivity contribution in [3.63, 3.8) is 0 Å². The van der Waals surface area contributed by atoms with E-state index in [1.807, 2.05) is 20.8 Å². The van der Waals surface area contributed by atoms with Gasteiger partial charge in [0.15, 0.2) is 11.6 Å². The van der Waals surface area contributed by atoms with E-state index in [1.54, 1.807) is 0 Å². The normalized spacial score (nSPS) is 30.7. The summed E-state index contributed by atoms with van der Waals surface area (Å²) >= 11 is 6.14. The Morgan fingerprint density at radius 2 is 1.86 bits per heavy atom. The van der Waals surface area contributed by atoms with Crippen LogP contribution in [0.15, 0.2) is 30.3 Å². The Kier molecular flexibility index (Phi) is 6.32. The summed E-state index contributed by atoms with van der Waals surface area (Å²) in [5.41, 5.74) is -1.72. The van der Waals surface area contributed by atoms with Crippen LogP contribution in [0.2, 0.25) is 5.02 Å². The molecule has 0 aromatic heterocycles. The Balaban J connectivity index is 1.73. The Labute approximate surface area is 218 Å². The second kappa shape index (κ2) is 8.99. The first kappa shape index (κ1) is 26.0. The smallest absolute Gasteiger partial charge is 0.238 e. The highest BCUT2D eigenvalue weighted by molar-refractivity contribution is 6.30. The number of hydrogen-bond donors (Lipinski definition) is 4. The first-order valence-corrected chi connectivity index (χ1v) is 12.7. The van der Waals surface area contributed by atoms with E-state index in [4.69, 9.17) is 11.6 Å². The predicted molar refractivity (Wildman–Crippen MR) is 133 cm³/mol. The minimum Gasteiger partial charge on any atom is -0.393 e. The van der Waals surface area contributed by atoms with Crippen molar-refractivity contribution >= 4 is 29.1 Å². The molecule has 0 unspecified atom stereocenters. The molecular weight excluding hydrogens is 507 g/mol. The molecule has 2 fully saturated rings. The lowest BCUT2D eigenvalue weighted by Gasteiger charge is -2.38. The van der Waals surface area contributed by atoms with Gasteiger partial charge in [0.05, 0.1) is 17.2 Å². The summed E-state index contributed by atoms with van der Waals surface area (Å²) in [5, 5.41) is 18.3. The lowest BCUT2D eigenvalue weighted by molar-refractivity contribution is -0.125. The van der Waals surface area contributed by atoms with Crippen LogP contribution in [0.1, 0.15) is 57.1 Å². The summed E-state index contributed by atoms with van der Waals surface area (Å²) < 4.78 is 44.5. The lowest BCUT2D eigenvalue weighted by Crippen LogP contribution is -2.53. The second-order valence-electron chi connectivity index (χ2n) is 11.5. The fourth-order valence-corrected chi connectivity index (χ4v) is 6.34. The molecule has 2 aromatic carbocycles. The number of carbonyl (C=O) groups excluding carboxylic acids is 2. The number of aliphatic hydroxyl groups excluding tert-OH is 1. The van der Waals surface area contributed by atoms with Crippen molar-refractivity contribution in [1.29, 1.82) is 0 Å². The van der Waals surface area contributed by atoms with Crippen LogP contribution in [0.3, 0.4) is 0 Å². The summed E-state index contributed by atoms with van der Waals surface area (Å²) in [5.74, 6) is -5.24. The molecule has 0 bridgehead atoms. The van der Waals surface area contributed by atoms with Crippen molar-refractivity contribution in [3.8, 4) is 0 Å². The van der Waals surface area contributed by atoms with E-state index in [0.29, 0.717) is 19.3 Å². The molecule has 2 heterocycles. The van der Waals surface area contributed by atoms with Crippen molar-refractivity contribution in [3.05, 3.63) is 63.9 Å². The van der Waals surface area contributed by atoms with E-state index in [-0.39, 0.29) is 33.3 Å². The standard InChI is InChI=1S/C27H29ClF3N3O3/c1-26(2,3)11-20-27(15-9-17(29)18(30)10-19(15)33-25(27)37)21(14-5-4-6-16(28)22(14)31)23(34-20)24(36)32-12-7-13(35)8-12/h4-6,9-10,12-13,20-21,23,34-35H,7-8,11H2,1-3H3,(H,32,36)(H,33,37)/t12?,13?,20-,21-,23+,27+/m0/s1. The number of rotatable bonds is 4. The van der Waals surface area contributed by atoms with Crippen molar-refractivity contribution in [2.24, 2.45) is 5.41 Å². The maximum Gasteiger partial charge on any atom is 0.238 e. The Morgan fingerprint density at radius 1 is 1.19 bits per heavy atom. The third-order valence-corrected chi connectivity index (χ3v) is 8.05. The number of halogens is 4. The molecule has 2 aliphatic heterocycles. The number of carbonyl (C=O) groups is 2. The molecule has 1 aliphatic carbocycles. The van der Waals surface area contributed by atoms with Crippen LogP contribution in [0.5, 0.6) is 0 Å². The molecule has 3 aliphatic rings. The number of fused-ring (bicyclic) bond motifs is 2. The van der Waals surface area contributed by atoms with Crippen LogP contribution in [-0.4, -0.2) is 41.2 Å². The molecule has 6 nitrogen and oxygen atoms in total. The minimum absolute atomic E-state index is 0.0259. The van der Waals surface area contributed by atoms with E-state index in [2.05, 4.69) is 16.0 Å². The van der Waals surface area contributed by atoms with E-state index >= 15 is 4.39 Å². The fraction of sp³-hybridized carbons (Fsp3) is 0.481. The summed E-state index contributed by atoms with van der Waals surface area (Å²) in [7, 11) is 0. The van der Waals surface area contributed by atoms with E-state index in [0.717, 1.165) is 12.1 Å². The zero-order chi connectivity index (χ0) is 26.9. The molecule has 2 aromatic rings. The number of anilines is 1. The molecule has 1 saturated carbocycles. The largest absolute Gasteiger partial charge is 0.393 e. The SMILES string of the molecule is CC(C)(C)C[C@@H]1N[C@@H](C(=O)NC2CC(O)C2)[C@H](c2cccc(Cl)c2F)[C@]12C(=O)Nc1cc(F)c(F)cc12. The summed E-state index contributed by atoms with van der Waals surface area (Å²) in [6.45, 7) is 5.87. The maximum absolute atomic E-state index is 15.6. The van der Waals surface area contributed by atoms with Gasteiger partial charge in [-0.3, -0.25) is 9.59 Å². The number of aliphatic hydroxyl groups is 1. The van der Waals surface area contributed by atoms with Gasteiger partial charge in [0.1, 0.15) is 11.2 Å². The predicted octanol–water partition coefficient (Wildman–Crippen LogP) is 4.15. The number of benzene rings is 2. The van der Waals surface area contributed by atoms with Gasteiger partial charge in [-0.05, 0) is 47.9 Å². The zero-order valence-electron chi connectivity index (χ0n) is 20.7. The van der Waals surface area contributed by atoms with E-state index in [1.165, 1.54) is 18.2 Å². The van der Waals surface area contributed by atoms with Crippen LogP contribution >= 0.6 is 11.6 Å². The highest BCUT2D eigenvalue weighted by Gasteiger charge is 2.66. The summed E-state index contributed by atoms with van der Waals surface area (Å²) in [4.78, 5) is 27.6. The molecular formula is C27H29ClF3N3O3. The monoisotopic (exact) mass is 535 g/mol. The van der Waals surface area contributed by atoms with Gasteiger partial charge in [0.25, 0.3) is 0 Å². The number of amides is 2. The van der Waals surface area contributed by atoms with Gasteiger partial charge < -0.3 is 21.1 Å². The van der Waals surface area contributed by atoms with E-state index in [9.17, 15) is 23.5 Å². The molecule has 1 spiro atoms. The first-order chi connectivity index (χ1) is 17.3. The highest BCUT2D eigenvalue weighted by Crippen LogP contribution is 2.57. The zero-order valence-corrected chi connectivity index (χ0v) is 21.4. The molecule has 10 heteroatoms. The van der Waals surface area contributed by atoms with E-state index < -0.39 is 58.8 Å². The molecule has 198 valence electrons. The quantitative estimate of drug-likeness (QED) is 0.473. The van der Waals surface area contributed by atoms with Gasteiger partial charge in [-0.2, -0.15) is 0 Å². The van der Waals surface area contributed by atoms with Crippen molar-refractivity contribution < 1.29 is 27.9 Å². The molecule has 1 saturated heterocycles. The van der Waals surface area contributed by atoms with Crippen LogP contribution in [0.4, 0.5) is 18.9 Å². The molecule has 0 radical (unpaired) electrons. The molecule has 4 N–H and O–H groups in total. The number of hydrogen-bond acceptors (Lipinski definition) is 4. The maximum atomic E-state index is 15.6. The summed E-state index contributed by atoms with van der Waals surface area (Å²) in [6.07, 6.45) is 0.634. The van der Waals surface area contributed by atoms with Crippen molar-refractivity contribution in [2.75, 3.05) is 5.32 Å². The molecule has 37 heavy (non-hydrogen) atoms. The first-order valence-electron chi connectivity index (χ1n) is 12.3. The van der Waals surface area contributed by atoms with Gasteiger partial charge in [-0.1, -0.05) is 44.5 Å². The Morgan fingerprint density at radius 3 is 2.51 bits per heavy atom. The average Bonchev–Trinajstić information content (AvgIpc) is 3.24. The number of nitrogens with one attached hydrogen (secondary N) is 3. The second-order valence-corrected chi connectivity index (χ2v) is 12.0. The van der Waals surface area contributed by atoms with Gasteiger partial charge in [0, 0.05) is 29.8 Å². The van der Waals surface area contributed by atoms with Gasteiger partial charge in [-0.25, -0.2) is 13.2 Å². The van der Waals surface area contributed by atoms with Gasteiger partial charge in [0.2, 0.25) is 11.8 Å². The van der Waals surface area contributed by atoms with Crippen molar-refractivity contribution in [2.45, 2.75) is 75.6 Å². The Hall–Kier alpha value is -2.62. The Bertz CT molecular complexity index is 1280. The topological polar surface area (TPSA) is 90.5 Å². The third-order valence-electron chi connectivity index (χ3n) is 7.76. The van der Waals surface area contributed by atoms with Crippen LogP contribution in [0, 0.1) is 22.9 Å². The average molecular weight is 536 g/mol. The lowest BCUT2D eigenvalue weighted by atomic mass is 9.62. The summed E-state index contributed by atoms with van der Waals surface area (Å²) in [6, 6.07) is 4.16. The fourth-order valence-electron chi connectivity index (χ4n) is 6.16. The molecule has 2 amide bonds.